The van der Waals surface area contributed by atoms with Gasteiger partial charge in [-0.2, -0.15) is 23.5 Å². The second-order valence-electron chi connectivity index (χ2n) is 5.75. The maximum atomic E-state index is 4.88. The first kappa shape index (κ1) is 14.8. The lowest BCUT2D eigenvalue weighted by molar-refractivity contribution is 1.44. The summed E-state index contributed by atoms with van der Waals surface area (Å²) in [6.07, 6.45) is 0. The Bertz CT molecular complexity index is 926. The molecule has 120 valence electrons. The van der Waals surface area contributed by atoms with Gasteiger partial charge >= 0.3 is 0 Å². The van der Waals surface area contributed by atoms with Crippen LogP contribution in [0.2, 0.25) is 0 Å². The molecule has 4 aromatic rings. The second kappa shape index (κ2) is 5.56. The Morgan fingerprint density at radius 2 is 1.12 bits per heavy atom. The predicted octanol–water partition coefficient (Wildman–Crippen LogP) is 6.70. The Balaban J connectivity index is 1.38. The molecule has 0 unspecified atom stereocenters. The van der Waals surface area contributed by atoms with Gasteiger partial charge in [0, 0.05) is 32.8 Å². The fourth-order valence-corrected chi connectivity index (χ4v) is 10.1. The van der Waals surface area contributed by atoms with Crippen LogP contribution >= 0.6 is 68.9 Å². The molecule has 0 radical (unpaired) electrons. The third-order valence-corrected chi connectivity index (χ3v) is 11.3. The van der Waals surface area contributed by atoms with Crippen molar-refractivity contribution in [3.05, 3.63) is 33.0 Å². The van der Waals surface area contributed by atoms with Crippen molar-refractivity contribution >= 4 is 78.5 Å². The summed E-state index contributed by atoms with van der Waals surface area (Å²) < 4.78 is 0. The second-order valence-corrected chi connectivity index (χ2v) is 12.0. The summed E-state index contributed by atoms with van der Waals surface area (Å²) in [6, 6.07) is 4.68. The zero-order chi connectivity index (χ0) is 15.7. The predicted molar refractivity (Wildman–Crippen MR) is 112 cm³/mol. The van der Waals surface area contributed by atoms with Crippen molar-refractivity contribution in [2.75, 3.05) is 0 Å². The van der Waals surface area contributed by atoms with Crippen LogP contribution < -0.4 is 0 Å². The molecule has 0 saturated carbocycles. The summed E-state index contributed by atoms with van der Waals surface area (Å²) in [4.78, 5) is 17.7. The highest BCUT2D eigenvalue weighted by atomic mass is 32.2. The van der Waals surface area contributed by atoms with E-state index in [1.165, 1.54) is 42.1 Å². The minimum atomic E-state index is 1.09. The van der Waals surface area contributed by atoms with E-state index in [2.05, 4.69) is 12.1 Å². The molecular weight excluding hydrogens is 413 g/mol. The Morgan fingerprint density at radius 3 is 1.58 bits per heavy atom. The van der Waals surface area contributed by atoms with Gasteiger partial charge in [-0.1, -0.05) is 22.7 Å². The van der Waals surface area contributed by atoms with E-state index in [0.29, 0.717) is 0 Å². The number of hydrogen-bond donors (Lipinski definition) is 0. The summed E-state index contributed by atoms with van der Waals surface area (Å²) in [5.74, 6) is 4.66. The summed E-state index contributed by atoms with van der Waals surface area (Å²) in [5, 5.41) is 2.29. The number of thioether (sulfide) groups is 2. The van der Waals surface area contributed by atoms with Crippen molar-refractivity contribution in [3.8, 4) is 19.8 Å². The molecule has 0 N–H and O–H groups in total. The standard InChI is InChI=1S/C16H10N2S6/c1-7-3-19-5-11(7)21-9(1)13-17-15-16(23-13)18-14(24-15)10-2-8-4-20-6-12(8)22-10/h1-2H,3-6H2. The third kappa shape index (κ3) is 2.27. The zero-order valence-electron chi connectivity index (χ0n) is 12.3. The van der Waals surface area contributed by atoms with Crippen LogP contribution in [0.5, 0.6) is 0 Å². The molecule has 0 atom stereocenters. The van der Waals surface area contributed by atoms with Gasteiger partial charge in [0.15, 0.2) is 9.66 Å². The van der Waals surface area contributed by atoms with Crippen LogP contribution in [0.4, 0.5) is 0 Å². The highest BCUT2D eigenvalue weighted by molar-refractivity contribution is 7.98. The topological polar surface area (TPSA) is 25.8 Å². The Labute approximate surface area is 163 Å². The van der Waals surface area contributed by atoms with Crippen molar-refractivity contribution in [1.29, 1.82) is 0 Å². The number of hydrogen-bond acceptors (Lipinski definition) is 8. The van der Waals surface area contributed by atoms with Gasteiger partial charge in [-0.05, 0) is 23.3 Å². The van der Waals surface area contributed by atoms with Gasteiger partial charge in [0.2, 0.25) is 0 Å². The van der Waals surface area contributed by atoms with E-state index in [-0.39, 0.29) is 0 Å². The number of thiophene rings is 2. The van der Waals surface area contributed by atoms with E-state index in [1.807, 2.05) is 46.2 Å². The van der Waals surface area contributed by atoms with Gasteiger partial charge in [0.1, 0.15) is 10.0 Å². The molecule has 0 aromatic carbocycles. The molecule has 2 nitrogen and oxygen atoms in total. The highest BCUT2D eigenvalue weighted by Crippen LogP contribution is 2.45. The third-order valence-electron chi connectivity index (χ3n) is 4.17. The van der Waals surface area contributed by atoms with Crippen LogP contribution in [0, 0.1) is 0 Å². The minimum absolute atomic E-state index is 1.09. The van der Waals surface area contributed by atoms with Gasteiger partial charge in [-0.15, -0.1) is 22.7 Å². The van der Waals surface area contributed by atoms with E-state index in [1.54, 1.807) is 22.7 Å². The number of thiazole rings is 2. The van der Waals surface area contributed by atoms with E-state index in [0.717, 1.165) is 31.2 Å². The molecular formula is C16H10N2S6. The molecule has 0 aliphatic carbocycles. The van der Waals surface area contributed by atoms with Crippen LogP contribution in [0.25, 0.3) is 29.4 Å². The molecule has 0 bridgehead atoms. The molecule has 2 aliphatic rings. The summed E-state index contributed by atoms with van der Waals surface area (Å²) >= 11 is 11.3. The molecule has 4 aromatic heterocycles. The SMILES string of the molecule is c1c(-c2nc3sc(-c4cc5c(s4)CSC5)nc3s2)sc2c1CSC2. The van der Waals surface area contributed by atoms with Crippen molar-refractivity contribution in [1.82, 2.24) is 9.97 Å². The normalized spacial score (nSPS) is 16.2. The molecule has 6 heterocycles. The summed E-state index contributed by atoms with van der Waals surface area (Å²) in [6.45, 7) is 0. The van der Waals surface area contributed by atoms with E-state index < -0.39 is 0 Å². The minimum Gasteiger partial charge on any atom is -0.222 e. The van der Waals surface area contributed by atoms with Gasteiger partial charge < -0.3 is 0 Å². The first-order chi connectivity index (χ1) is 11.8. The summed E-state index contributed by atoms with van der Waals surface area (Å²) in [7, 11) is 0. The fraction of sp³-hybridized carbons (Fsp3) is 0.250. The Hall–Kier alpha value is -0.380. The largest absolute Gasteiger partial charge is 0.222 e. The smallest absolute Gasteiger partial charge is 0.155 e. The lowest BCUT2D eigenvalue weighted by atomic mass is 10.3. The molecule has 24 heavy (non-hydrogen) atoms. The maximum Gasteiger partial charge on any atom is 0.155 e. The average molecular weight is 423 g/mol. The number of nitrogens with zero attached hydrogens (tertiary/aromatic N) is 2. The molecule has 0 fully saturated rings. The molecule has 2 aliphatic heterocycles. The van der Waals surface area contributed by atoms with Crippen LogP contribution in [-0.2, 0) is 23.0 Å². The van der Waals surface area contributed by atoms with Crippen molar-refractivity contribution in [3.63, 3.8) is 0 Å². The number of fused-ring (bicyclic) bond motifs is 3. The lowest BCUT2D eigenvalue weighted by Gasteiger charge is -1.91. The Morgan fingerprint density at radius 1 is 0.625 bits per heavy atom. The van der Waals surface area contributed by atoms with E-state index in [4.69, 9.17) is 9.97 Å². The van der Waals surface area contributed by atoms with Crippen LogP contribution in [-0.4, -0.2) is 9.97 Å². The number of aromatic nitrogens is 2. The van der Waals surface area contributed by atoms with Gasteiger partial charge in [-0.3, -0.25) is 0 Å². The van der Waals surface area contributed by atoms with Gasteiger partial charge in [0.25, 0.3) is 0 Å². The molecule has 8 heteroatoms. The summed E-state index contributed by atoms with van der Waals surface area (Å²) in [5.41, 5.74) is 3.02. The van der Waals surface area contributed by atoms with Crippen LogP contribution in [0.1, 0.15) is 20.9 Å². The first-order valence-electron chi connectivity index (χ1n) is 7.50. The molecule has 0 spiro atoms. The molecule has 0 saturated heterocycles. The molecule has 0 amide bonds. The zero-order valence-corrected chi connectivity index (χ0v) is 17.2. The van der Waals surface area contributed by atoms with Crippen molar-refractivity contribution in [2.45, 2.75) is 23.0 Å². The van der Waals surface area contributed by atoms with Crippen LogP contribution in [0.3, 0.4) is 0 Å². The average Bonchev–Trinajstić information content (AvgIpc) is 3.31. The van der Waals surface area contributed by atoms with Crippen molar-refractivity contribution in [2.24, 2.45) is 0 Å². The fourth-order valence-electron chi connectivity index (χ4n) is 2.99. The quantitative estimate of drug-likeness (QED) is 0.359. The molecule has 6 rings (SSSR count). The maximum absolute atomic E-state index is 4.88. The first-order valence-corrected chi connectivity index (χ1v) is 13.1. The van der Waals surface area contributed by atoms with Gasteiger partial charge in [-0.25, -0.2) is 9.97 Å². The van der Waals surface area contributed by atoms with E-state index >= 15 is 0 Å². The number of rotatable bonds is 2. The highest BCUT2D eigenvalue weighted by Gasteiger charge is 2.21. The Kier molecular flexibility index (Phi) is 3.42. The lowest BCUT2D eigenvalue weighted by Crippen LogP contribution is -1.70. The van der Waals surface area contributed by atoms with Gasteiger partial charge in [0.05, 0.1) is 9.75 Å². The van der Waals surface area contributed by atoms with Crippen LogP contribution in [0.15, 0.2) is 12.1 Å². The monoisotopic (exact) mass is 422 g/mol. The van der Waals surface area contributed by atoms with Crippen molar-refractivity contribution < 1.29 is 0 Å². The van der Waals surface area contributed by atoms with E-state index in [9.17, 15) is 0 Å².